The fourth-order valence-electron chi connectivity index (χ4n) is 1.95. The van der Waals surface area contributed by atoms with Crippen LogP contribution in [0.4, 0.5) is 4.79 Å². The molecule has 1 rings (SSSR count). The molecule has 1 heterocycles. The molecule has 0 aromatic heterocycles. The Kier molecular flexibility index (Phi) is 4.62. The van der Waals surface area contributed by atoms with Crippen LogP contribution in [0.3, 0.4) is 0 Å². The molecule has 0 saturated carbocycles. The fraction of sp³-hybridized carbons (Fsp3) is 0.727. The van der Waals surface area contributed by atoms with Gasteiger partial charge >= 0.3 is 6.03 Å². The third-order valence-electron chi connectivity index (χ3n) is 3.14. The smallest absolute Gasteiger partial charge is 0.326 e. The summed E-state index contributed by atoms with van der Waals surface area (Å²) >= 11 is 0. The summed E-state index contributed by atoms with van der Waals surface area (Å²) in [5.74, 6) is 0.124. The largest absolute Gasteiger partial charge is 0.396 e. The number of hydrogen-bond acceptors (Lipinski definition) is 4. The Hall–Kier alpha value is -1.43. The van der Waals surface area contributed by atoms with Gasteiger partial charge in [-0.1, -0.05) is 13.8 Å². The zero-order chi connectivity index (χ0) is 12.9. The molecule has 1 fully saturated rings. The van der Waals surface area contributed by atoms with Gasteiger partial charge < -0.3 is 5.11 Å². The number of amides is 3. The van der Waals surface area contributed by atoms with Crippen LogP contribution < -0.4 is 10.6 Å². The van der Waals surface area contributed by atoms with Gasteiger partial charge in [0.25, 0.3) is 0 Å². The predicted molar refractivity (Wildman–Crippen MR) is 63.7 cm³/mol. The Labute approximate surface area is 100 Å². The molecule has 0 spiro atoms. The van der Waals surface area contributed by atoms with Gasteiger partial charge in [-0.2, -0.15) is 0 Å². The number of aliphatic hydroxyl groups excluding tert-OH is 1. The van der Waals surface area contributed by atoms with Gasteiger partial charge in [0.05, 0.1) is 0 Å². The second kappa shape index (κ2) is 5.77. The van der Waals surface area contributed by atoms with Gasteiger partial charge in [-0.05, 0) is 19.3 Å². The molecule has 0 bridgehead atoms. The number of aliphatic hydroxyl groups is 1. The maximum atomic E-state index is 11.9. The van der Waals surface area contributed by atoms with Crippen molar-refractivity contribution in [1.29, 1.82) is 0 Å². The van der Waals surface area contributed by atoms with E-state index in [1.54, 1.807) is 0 Å². The van der Waals surface area contributed by atoms with E-state index in [2.05, 4.69) is 15.6 Å². The molecule has 96 valence electrons. The van der Waals surface area contributed by atoms with Gasteiger partial charge in [-0.3, -0.25) is 20.4 Å². The number of rotatable bonds is 5. The summed E-state index contributed by atoms with van der Waals surface area (Å²) in [4.78, 5) is 27.4. The monoisotopic (exact) mass is 241 g/mol. The van der Waals surface area contributed by atoms with Gasteiger partial charge in [0.1, 0.15) is 11.3 Å². The van der Waals surface area contributed by atoms with Crippen LogP contribution in [0.25, 0.3) is 0 Å². The van der Waals surface area contributed by atoms with Crippen LogP contribution in [-0.4, -0.2) is 36.0 Å². The van der Waals surface area contributed by atoms with Gasteiger partial charge in [-0.15, -0.1) is 0 Å². The first kappa shape index (κ1) is 13.6. The normalized spacial score (nSPS) is 21.2. The highest BCUT2D eigenvalue weighted by molar-refractivity contribution is 6.20. The third-order valence-corrected chi connectivity index (χ3v) is 3.14. The molecule has 0 aromatic carbocycles. The maximum Gasteiger partial charge on any atom is 0.326 e. The van der Waals surface area contributed by atoms with Crippen LogP contribution >= 0.6 is 0 Å². The standard InChI is InChI=1S/C11H19N3O3/c1-3-11(4-2)8(12-6-5-7-15)13-10(17)14-9(11)16/h15H,3-7H2,1-2H3,(H2,12,13,14,16,17). The molecule has 0 atom stereocenters. The van der Waals surface area contributed by atoms with Crippen molar-refractivity contribution in [2.45, 2.75) is 33.1 Å². The SMILES string of the molecule is CCC1(CC)C(=O)NC(=O)NC1=NCCCO. The van der Waals surface area contributed by atoms with E-state index in [0.29, 0.717) is 31.6 Å². The third kappa shape index (κ3) is 2.63. The Morgan fingerprint density at radius 1 is 1.24 bits per heavy atom. The number of aliphatic imine (C=N–C) groups is 1. The van der Waals surface area contributed by atoms with Crippen molar-refractivity contribution in [3.05, 3.63) is 0 Å². The topological polar surface area (TPSA) is 90.8 Å². The maximum absolute atomic E-state index is 11.9. The second-order valence-electron chi connectivity index (χ2n) is 4.00. The Bertz CT molecular complexity index is 335. The summed E-state index contributed by atoms with van der Waals surface area (Å²) in [5.41, 5.74) is -0.747. The van der Waals surface area contributed by atoms with Crippen LogP contribution in [-0.2, 0) is 4.79 Å². The lowest BCUT2D eigenvalue weighted by Crippen LogP contribution is -2.62. The Morgan fingerprint density at radius 2 is 1.88 bits per heavy atom. The zero-order valence-electron chi connectivity index (χ0n) is 10.2. The van der Waals surface area contributed by atoms with Crippen molar-refractivity contribution >= 4 is 17.8 Å². The summed E-state index contributed by atoms with van der Waals surface area (Å²) in [6.07, 6.45) is 1.67. The average Bonchev–Trinajstić information content (AvgIpc) is 2.30. The molecule has 1 saturated heterocycles. The van der Waals surface area contributed by atoms with E-state index in [4.69, 9.17) is 5.11 Å². The summed E-state index contributed by atoms with van der Waals surface area (Å²) in [6.45, 7) is 4.23. The molecule has 3 amide bonds. The van der Waals surface area contributed by atoms with Crippen molar-refractivity contribution in [3.63, 3.8) is 0 Å². The van der Waals surface area contributed by atoms with E-state index in [1.807, 2.05) is 13.8 Å². The van der Waals surface area contributed by atoms with Gasteiger partial charge in [0.15, 0.2) is 0 Å². The molecule has 0 aromatic rings. The number of imide groups is 1. The van der Waals surface area contributed by atoms with Gasteiger partial charge in [0.2, 0.25) is 5.91 Å². The molecular formula is C11H19N3O3. The van der Waals surface area contributed by atoms with Crippen molar-refractivity contribution in [3.8, 4) is 0 Å². The van der Waals surface area contributed by atoms with Crippen molar-refractivity contribution in [2.75, 3.05) is 13.2 Å². The number of nitrogens with one attached hydrogen (secondary N) is 2. The number of carbonyl (C=O) groups excluding carboxylic acids is 2. The molecule has 6 nitrogen and oxygen atoms in total. The number of nitrogens with zero attached hydrogens (tertiary/aromatic N) is 1. The summed E-state index contributed by atoms with van der Waals surface area (Å²) in [6, 6.07) is -0.532. The highest BCUT2D eigenvalue weighted by Crippen LogP contribution is 2.29. The number of urea groups is 1. The minimum absolute atomic E-state index is 0.0438. The summed E-state index contributed by atoms with van der Waals surface area (Å²) < 4.78 is 0. The van der Waals surface area contributed by atoms with E-state index >= 15 is 0 Å². The predicted octanol–water partition coefficient (Wildman–Crippen LogP) is 0.413. The Balaban J connectivity index is 2.97. The first-order valence-electron chi connectivity index (χ1n) is 5.89. The number of hydrogen-bond donors (Lipinski definition) is 3. The van der Waals surface area contributed by atoms with Crippen LogP contribution in [0.2, 0.25) is 0 Å². The van der Waals surface area contributed by atoms with Gasteiger partial charge in [-0.25, -0.2) is 4.79 Å². The van der Waals surface area contributed by atoms with Gasteiger partial charge in [0, 0.05) is 13.2 Å². The molecule has 0 aliphatic carbocycles. The first-order valence-corrected chi connectivity index (χ1v) is 5.89. The summed E-state index contributed by atoms with van der Waals surface area (Å²) in [5, 5.41) is 13.6. The number of amidine groups is 1. The Morgan fingerprint density at radius 3 is 2.41 bits per heavy atom. The highest BCUT2D eigenvalue weighted by Gasteiger charge is 2.45. The van der Waals surface area contributed by atoms with Crippen molar-refractivity contribution in [1.82, 2.24) is 10.6 Å². The molecule has 0 unspecified atom stereocenters. The van der Waals surface area contributed by atoms with Crippen LogP contribution in [0.1, 0.15) is 33.1 Å². The molecule has 1 aliphatic heterocycles. The molecule has 17 heavy (non-hydrogen) atoms. The molecule has 0 radical (unpaired) electrons. The van der Waals surface area contributed by atoms with E-state index in [9.17, 15) is 9.59 Å². The summed E-state index contributed by atoms with van der Waals surface area (Å²) in [7, 11) is 0. The average molecular weight is 241 g/mol. The molecular weight excluding hydrogens is 222 g/mol. The van der Waals surface area contributed by atoms with E-state index in [1.165, 1.54) is 0 Å². The number of carbonyl (C=O) groups is 2. The first-order chi connectivity index (χ1) is 8.10. The highest BCUT2D eigenvalue weighted by atomic mass is 16.3. The quantitative estimate of drug-likeness (QED) is 0.609. The fourth-order valence-corrected chi connectivity index (χ4v) is 1.95. The minimum Gasteiger partial charge on any atom is -0.396 e. The molecule has 6 heteroatoms. The molecule has 3 N–H and O–H groups in total. The van der Waals surface area contributed by atoms with Crippen LogP contribution in [0, 0.1) is 5.41 Å². The van der Waals surface area contributed by atoms with Crippen molar-refractivity contribution < 1.29 is 14.7 Å². The lowest BCUT2D eigenvalue weighted by atomic mass is 9.79. The van der Waals surface area contributed by atoms with Crippen molar-refractivity contribution in [2.24, 2.45) is 10.4 Å². The van der Waals surface area contributed by atoms with E-state index in [-0.39, 0.29) is 12.5 Å². The van der Waals surface area contributed by atoms with E-state index < -0.39 is 11.4 Å². The minimum atomic E-state index is -0.747. The van der Waals surface area contributed by atoms with E-state index in [0.717, 1.165) is 0 Å². The molecule has 1 aliphatic rings. The van der Waals surface area contributed by atoms with Crippen LogP contribution in [0.15, 0.2) is 4.99 Å². The second-order valence-corrected chi connectivity index (χ2v) is 4.00. The lowest BCUT2D eigenvalue weighted by molar-refractivity contribution is -0.127. The zero-order valence-corrected chi connectivity index (χ0v) is 10.2. The van der Waals surface area contributed by atoms with Crippen LogP contribution in [0.5, 0.6) is 0 Å². The lowest BCUT2D eigenvalue weighted by Gasteiger charge is -2.35.